The molecule has 0 unspecified atom stereocenters. The van der Waals surface area contributed by atoms with Crippen LogP contribution in [0.4, 0.5) is 0 Å². The zero-order valence-corrected chi connectivity index (χ0v) is 18.5. The predicted molar refractivity (Wildman–Crippen MR) is 120 cm³/mol. The van der Waals surface area contributed by atoms with E-state index < -0.39 is 0 Å². The number of pyridine rings is 1. The number of esters is 1. The van der Waals surface area contributed by atoms with Crippen molar-refractivity contribution in [1.82, 2.24) is 9.47 Å². The molecule has 0 aliphatic carbocycles. The molecule has 0 N–H and O–H groups in total. The third-order valence-corrected chi connectivity index (χ3v) is 6.79. The van der Waals surface area contributed by atoms with Gasteiger partial charge < -0.3 is 18.9 Å². The number of piperidine rings is 1. The monoisotopic (exact) mass is 424 g/mol. The number of hydrogen-bond donors (Lipinski definition) is 0. The largest absolute Gasteiger partial charge is 0.497 e. The van der Waals surface area contributed by atoms with E-state index in [1.807, 2.05) is 18.2 Å². The highest BCUT2D eigenvalue weighted by molar-refractivity contribution is 5.68. The quantitative estimate of drug-likeness (QED) is 0.480. The summed E-state index contributed by atoms with van der Waals surface area (Å²) in [6.45, 7) is 2.95. The minimum absolute atomic E-state index is 0.103. The lowest BCUT2D eigenvalue weighted by molar-refractivity contribution is -0.140. The van der Waals surface area contributed by atoms with Gasteiger partial charge in [-0.1, -0.05) is 18.2 Å². The number of fused-ring (bicyclic) bond motifs is 4. The second-order valence-electron chi connectivity index (χ2n) is 8.77. The minimum Gasteiger partial charge on any atom is -0.497 e. The summed E-state index contributed by atoms with van der Waals surface area (Å²) in [5.41, 5.74) is 2.46. The molecule has 2 aliphatic rings. The van der Waals surface area contributed by atoms with E-state index in [1.165, 1.54) is 12.7 Å². The van der Waals surface area contributed by atoms with Crippen molar-refractivity contribution < 1.29 is 14.3 Å². The molecule has 3 heterocycles. The van der Waals surface area contributed by atoms with Crippen molar-refractivity contribution in [3.8, 4) is 5.75 Å². The van der Waals surface area contributed by atoms with E-state index in [4.69, 9.17) is 9.47 Å². The summed E-state index contributed by atoms with van der Waals surface area (Å²) in [6.07, 6.45) is 4.25. The van der Waals surface area contributed by atoms with E-state index in [0.717, 1.165) is 56.8 Å². The lowest BCUT2D eigenvalue weighted by Crippen LogP contribution is -2.50. The number of nitrogens with zero attached hydrogens (tertiary/aromatic N) is 2. The van der Waals surface area contributed by atoms with E-state index in [1.54, 1.807) is 13.2 Å². The zero-order chi connectivity index (χ0) is 21.8. The Morgan fingerprint density at radius 1 is 1.10 bits per heavy atom. The number of carbonyl (C=O) groups is 1. The Hall–Kier alpha value is -2.60. The standard InChI is InChI=1S/C25H32N2O4/c1-30-21-8-5-7-18(13-21)14-23-20-15-19(22-9-6-10-24(28)27(22)23)16-26(17-20)12-4-3-11-25(29)31-2/h5-10,13,19-20,23H,3-4,11-12,14-17H2,1-2H3/t19-,20+,23+/m1/s1. The maximum absolute atomic E-state index is 12.9. The number of carbonyl (C=O) groups excluding carboxylic acids is 1. The summed E-state index contributed by atoms with van der Waals surface area (Å²) in [7, 11) is 3.12. The van der Waals surface area contributed by atoms with Gasteiger partial charge in [-0.2, -0.15) is 0 Å². The van der Waals surface area contributed by atoms with Crippen molar-refractivity contribution in [1.29, 1.82) is 0 Å². The summed E-state index contributed by atoms with van der Waals surface area (Å²) in [5.74, 6) is 1.53. The molecule has 2 aromatic rings. The van der Waals surface area contributed by atoms with Crippen LogP contribution in [-0.4, -0.2) is 49.3 Å². The van der Waals surface area contributed by atoms with Gasteiger partial charge in [-0.05, 0) is 61.9 Å². The number of methoxy groups -OCH3 is 2. The van der Waals surface area contributed by atoms with Crippen molar-refractivity contribution >= 4 is 5.97 Å². The first kappa shape index (κ1) is 21.6. The maximum atomic E-state index is 12.9. The molecule has 0 spiro atoms. The number of unbranched alkanes of at least 4 members (excludes halogenated alkanes) is 1. The van der Waals surface area contributed by atoms with Gasteiger partial charge in [-0.25, -0.2) is 0 Å². The van der Waals surface area contributed by atoms with Gasteiger partial charge in [0.1, 0.15) is 5.75 Å². The van der Waals surface area contributed by atoms with Crippen LogP contribution in [0.25, 0.3) is 0 Å². The van der Waals surface area contributed by atoms with Crippen molar-refractivity contribution in [3.63, 3.8) is 0 Å². The molecule has 3 atom stereocenters. The van der Waals surface area contributed by atoms with Crippen molar-refractivity contribution in [2.24, 2.45) is 5.92 Å². The summed E-state index contributed by atoms with van der Waals surface area (Å²) in [5, 5.41) is 0. The number of aromatic nitrogens is 1. The van der Waals surface area contributed by atoms with E-state index >= 15 is 0 Å². The molecular formula is C25H32N2O4. The molecule has 6 heteroatoms. The van der Waals surface area contributed by atoms with Crippen molar-refractivity contribution in [2.75, 3.05) is 33.9 Å². The molecule has 1 aromatic carbocycles. The van der Waals surface area contributed by atoms with Gasteiger partial charge >= 0.3 is 5.97 Å². The molecule has 166 valence electrons. The molecule has 2 aliphatic heterocycles. The van der Waals surface area contributed by atoms with Crippen LogP contribution in [0.3, 0.4) is 0 Å². The van der Waals surface area contributed by atoms with Gasteiger partial charge in [0.15, 0.2) is 0 Å². The van der Waals surface area contributed by atoms with Crippen LogP contribution < -0.4 is 10.3 Å². The van der Waals surface area contributed by atoms with Crippen LogP contribution in [0.2, 0.25) is 0 Å². The molecule has 31 heavy (non-hydrogen) atoms. The highest BCUT2D eigenvalue weighted by Crippen LogP contribution is 2.42. The second-order valence-corrected chi connectivity index (χ2v) is 8.77. The lowest BCUT2D eigenvalue weighted by Gasteiger charge is -2.47. The first-order chi connectivity index (χ1) is 15.1. The number of benzene rings is 1. The molecule has 0 radical (unpaired) electrons. The van der Waals surface area contributed by atoms with Crippen LogP contribution in [0.5, 0.6) is 5.75 Å². The van der Waals surface area contributed by atoms with Crippen LogP contribution in [0.1, 0.15) is 48.9 Å². The fraction of sp³-hybridized carbons (Fsp3) is 0.520. The average molecular weight is 425 g/mol. The van der Waals surface area contributed by atoms with Gasteiger partial charge in [0.25, 0.3) is 5.56 Å². The third kappa shape index (κ3) is 4.85. The molecule has 2 bridgehead atoms. The van der Waals surface area contributed by atoms with E-state index in [9.17, 15) is 9.59 Å². The zero-order valence-electron chi connectivity index (χ0n) is 18.5. The highest BCUT2D eigenvalue weighted by atomic mass is 16.5. The Morgan fingerprint density at radius 2 is 1.94 bits per heavy atom. The number of rotatable bonds is 8. The third-order valence-electron chi connectivity index (χ3n) is 6.79. The Bertz CT molecular complexity index is 970. The minimum atomic E-state index is -0.137. The predicted octanol–water partition coefficient (Wildman–Crippen LogP) is 3.40. The molecule has 4 rings (SSSR count). The van der Waals surface area contributed by atoms with Crippen LogP contribution in [0, 0.1) is 5.92 Å². The molecule has 1 saturated heterocycles. The van der Waals surface area contributed by atoms with Gasteiger partial charge in [-0.3, -0.25) is 9.59 Å². The van der Waals surface area contributed by atoms with Crippen molar-refractivity contribution in [2.45, 2.75) is 44.1 Å². The SMILES string of the molecule is COC(=O)CCCCN1C[C@H]2C[C@@H](C1)[C@H](Cc1cccc(OC)c1)n1c2cccc1=O. The molecular weight excluding hydrogens is 392 g/mol. The van der Waals surface area contributed by atoms with E-state index in [0.29, 0.717) is 18.3 Å². The summed E-state index contributed by atoms with van der Waals surface area (Å²) in [4.78, 5) is 26.8. The van der Waals surface area contributed by atoms with Gasteiger partial charge in [-0.15, -0.1) is 0 Å². The number of hydrogen-bond acceptors (Lipinski definition) is 5. The molecule has 0 saturated carbocycles. The van der Waals surface area contributed by atoms with Crippen LogP contribution >= 0.6 is 0 Å². The maximum Gasteiger partial charge on any atom is 0.305 e. The second kappa shape index (κ2) is 9.69. The van der Waals surface area contributed by atoms with Crippen LogP contribution in [-0.2, 0) is 16.0 Å². The molecule has 1 fully saturated rings. The van der Waals surface area contributed by atoms with E-state index in [-0.39, 0.29) is 17.6 Å². The Morgan fingerprint density at radius 3 is 2.74 bits per heavy atom. The first-order valence-electron chi connectivity index (χ1n) is 11.2. The smallest absolute Gasteiger partial charge is 0.305 e. The fourth-order valence-corrected chi connectivity index (χ4v) is 5.33. The topological polar surface area (TPSA) is 60.8 Å². The molecule has 6 nitrogen and oxygen atoms in total. The van der Waals surface area contributed by atoms with Crippen molar-refractivity contribution in [3.05, 3.63) is 64.1 Å². The average Bonchev–Trinajstić information content (AvgIpc) is 2.79. The normalized spacial score (nSPS) is 22.6. The summed E-state index contributed by atoms with van der Waals surface area (Å²) >= 11 is 0. The lowest BCUT2D eigenvalue weighted by atomic mass is 9.76. The van der Waals surface area contributed by atoms with E-state index in [2.05, 4.69) is 27.7 Å². The Labute approximate surface area is 183 Å². The fourth-order valence-electron chi connectivity index (χ4n) is 5.33. The van der Waals surface area contributed by atoms with Gasteiger partial charge in [0.05, 0.1) is 14.2 Å². The summed E-state index contributed by atoms with van der Waals surface area (Å²) < 4.78 is 12.2. The first-order valence-corrected chi connectivity index (χ1v) is 11.2. The Balaban J connectivity index is 1.53. The highest BCUT2D eigenvalue weighted by Gasteiger charge is 2.40. The van der Waals surface area contributed by atoms with Gasteiger partial charge in [0.2, 0.25) is 0 Å². The van der Waals surface area contributed by atoms with Gasteiger partial charge in [0, 0.05) is 43.2 Å². The number of likely N-dealkylation sites (tertiary alicyclic amines) is 1. The van der Waals surface area contributed by atoms with Crippen LogP contribution in [0.15, 0.2) is 47.3 Å². The molecule has 1 aromatic heterocycles. The molecule has 0 amide bonds. The number of ether oxygens (including phenoxy) is 2. The summed E-state index contributed by atoms with van der Waals surface area (Å²) in [6, 6.07) is 14.0. The Kier molecular flexibility index (Phi) is 6.76.